The van der Waals surface area contributed by atoms with Crippen LogP contribution in [-0.4, -0.2) is 62.0 Å². The van der Waals surface area contributed by atoms with Crippen molar-refractivity contribution in [1.82, 2.24) is 10.2 Å². The Kier molecular flexibility index (Phi) is 11.7. The SMILES string of the molecule is CC[C@@H](C)NC(=O)[C@@H](Cc1ccccc1)N(Cc1ccc(Br)cc1)C(=O)CN(c1cc([N+](=O)[O-])ccc1OC)S(C)(=O)=O. The number of nitro groups is 1. The number of carbonyl (C=O) groups excluding carboxylic acids is 2. The molecule has 3 rings (SSSR count). The number of anilines is 1. The maximum atomic E-state index is 14.2. The molecule has 0 heterocycles. The molecule has 13 heteroatoms. The Bertz CT molecular complexity index is 1540. The number of amides is 2. The Morgan fingerprint density at radius 3 is 2.26 bits per heavy atom. The number of hydrogen-bond acceptors (Lipinski definition) is 7. The second-order valence-electron chi connectivity index (χ2n) is 10.1. The number of halogens is 1. The molecule has 0 saturated heterocycles. The predicted octanol–water partition coefficient (Wildman–Crippen LogP) is 4.69. The summed E-state index contributed by atoms with van der Waals surface area (Å²) in [4.78, 5) is 40.1. The number of rotatable bonds is 14. The van der Waals surface area contributed by atoms with Gasteiger partial charge in [-0.25, -0.2) is 8.42 Å². The molecule has 0 fully saturated rings. The molecule has 2 amide bonds. The zero-order valence-electron chi connectivity index (χ0n) is 24.4. The first-order valence-corrected chi connectivity index (χ1v) is 16.2. The fourth-order valence-electron chi connectivity index (χ4n) is 4.36. The molecule has 0 aliphatic heterocycles. The molecular formula is C30H35BrN4O7S. The van der Waals surface area contributed by atoms with E-state index < -0.39 is 33.4 Å². The van der Waals surface area contributed by atoms with Crippen LogP contribution in [0.5, 0.6) is 5.75 Å². The molecule has 2 atom stereocenters. The third kappa shape index (κ3) is 9.26. The first-order chi connectivity index (χ1) is 20.3. The fraction of sp³-hybridized carbons (Fsp3) is 0.333. The highest BCUT2D eigenvalue weighted by Gasteiger charge is 2.34. The van der Waals surface area contributed by atoms with Crippen LogP contribution < -0.4 is 14.4 Å². The number of carbonyl (C=O) groups is 2. The molecule has 3 aromatic carbocycles. The summed E-state index contributed by atoms with van der Waals surface area (Å²) >= 11 is 3.40. The van der Waals surface area contributed by atoms with E-state index in [1.807, 2.05) is 44.2 Å². The van der Waals surface area contributed by atoms with Gasteiger partial charge in [-0.1, -0.05) is 65.3 Å². The summed E-state index contributed by atoms with van der Waals surface area (Å²) in [6.45, 7) is 3.06. The van der Waals surface area contributed by atoms with Gasteiger partial charge in [-0.05, 0) is 42.7 Å². The van der Waals surface area contributed by atoms with Crippen LogP contribution >= 0.6 is 15.9 Å². The molecule has 0 aromatic heterocycles. The van der Waals surface area contributed by atoms with Crippen molar-refractivity contribution < 1.29 is 27.7 Å². The van der Waals surface area contributed by atoms with Crippen molar-refractivity contribution >= 4 is 49.1 Å². The molecular weight excluding hydrogens is 640 g/mol. The van der Waals surface area contributed by atoms with Crippen molar-refractivity contribution in [1.29, 1.82) is 0 Å². The molecule has 0 radical (unpaired) electrons. The van der Waals surface area contributed by atoms with Gasteiger partial charge >= 0.3 is 0 Å². The van der Waals surface area contributed by atoms with Gasteiger partial charge in [0.2, 0.25) is 21.8 Å². The number of benzene rings is 3. The number of nitrogens with zero attached hydrogens (tertiary/aromatic N) is 3. The van der Waals surface area contributed by atoms with E-state index >= 15 is 0 Å². The lowest BCUT2D eigenvalue weighted by Gasteiger charge is -2.34. The smallest absolute Gasteiger partial charge is 0.271 e. The zero-order chi connectivity index (χ0) is 31.7. The third-order valence-corrected chi connectivity index (χ3v) is 8.51. The van der Waals surface area contributed by atoms with Gasteiger partial charge in [-0.2, -0.15) is 0 Å². The summed E-state index contributed by atoms with van der Waals surface area (Å²) in [5.74, 6) is -1.04. The zero-order valence-corrected chi connectivity index (χ0v) is 26.8. The quantitative estimate of drug-likeness (QED) is 0.193. The fourth-order valence-corrected chi connectivity index (χ4v) is 5.47. The van der Waals surface area contributed by atoms with Crippen LogP contribution in [0.1, 0.15) is 31.4 Å². The summed E-state index contributed by atoms with van der Waals surface area (Å²) in [5.41, 5.74) is 0.976. The molecule has 1 N–H and O–H groups in total. The second kappa shape index (κ2) is 15.0. The molecule has 11 nitrogen and oxygen atoms in total. The van der Waals surface area contributed by atoms with E-state index in [1.54, 1.807) is 24.3 Å². The summed E-state index contributed by atoms with van der Waals surface area (Å²) in [5, 5.41) is 14.5. The highest BCUT2D eigenvalue weighted by Crippen LogP contribution is 2.34. The topological polar surface area (TPSA) is 139 Å². The maximum Gasteiger partial charge on any atom is 0.271 e. The third-order valence-electron chi connectivity index (χ3n) is 6.86. The minimum absolute atomic E-state index is 0.00120. The summed E-state index contributed by atoms with van der Waals surface area (Å²) in [6.07, 6.45) is 1.73. The standard InChI is InChI=1S/C30H35BrN4O7S/c1-5-21(2)32-30(37)27(17-22-9-7-6-8-10-22)33(19-23-11-13-24(31)14-12-23)29(36)20-34(43(4,40)41)26-18-25(35(38)39)15-16-28(26)42-3/h6-16,18,21,27H,5,17,19-20H2,1-4H3,(H,32,37)/t21-,27-/m1/s1. The summed E-state index contributed by atoms with van der Waals surface area (Å²) < 4.78 is 33.0. The molecule has 0 bridgehead atoms. The van der Waals surface area contributed by atoms with E-state index in [9.17, 15) is 28.1 Å². The molecule has 230 valence electrons. The van der Waals surface area contributed by atoms with E-state index in [2.05, 4.69) is 21.2 Å². The molecule has 43 heavy (non-hydrogen) atoms. The van der Waals surface area contributed by atoms with Crippen LogP contribution in [0.3, 0.4) is 0 Å². The molecule has 0 aliphatic carbocycles. The van der Waals surface area contributed by atoms with E-state index in [-0.39, 0.29) is 42.0 Å². The average Bonchev–Trinajstić information content (AvgIpc) is 2.97. The van der Waals surface area contributed by atoms with Gasteiger partial charge in [0.1, 0.15) is 24.0 Å². The first-order valence-electron chi connectivity index (χ1n) is 13.5. The summed E-state index contributed by atoms with van der Waals surface area (Å²) in [6, 6.07) is 18.8. The van der Waals surface area contributed by atoms with Crippen LogP contribution in [0.25, 0.3) is 0 Å². The minimum atomic E-state index is -4.15. The number of hydrogen-bond donors (Lipinski definition) is 1. The lowest BCUT2D eigenvalue weighted by molar-refractivity contribution is -0.384. The molecule has 3 aromatic rings. The van der Waals surface area contributed by atoms with Crippen molar-refractivity contribution in [2.24, 2.45) is 0 Å². The van der Waals surface area contributed by atoms with Gasteiger partial charge in [0.25, 0.3) is 5.69 Å². The highest BCUT2D eigenvalue weighted by molar-refractivity contribution is 9.10. The summed E-state index contributed by atoms with van der Waals surface area (Å²) in [7, 11) is -2.86. The van der Waals surface area contributed by atoms with Crippen molar-refractivity contribution in [2.75, 3.05) is 24.2 Å². The van der Waals surface area contributed by atoms with E-state index in [0.717, 1.165) is 26.7 Å². The van der Waals surface area contributed by atoms with Crippen molar-refractivity contribution in [3.8, 4) is 5.75 Å². The van der Waals surface area contributed by atoms with Crippen molar-refractivity contribution in [2.45, 2.75) is 45.3 Å². The van der Waals surface area contributed by atoms with Crippen LogP contribution in [-0.2, 0) is 32.6 Å². The molecule has 0 saturated carbocycles. The van der Waals surface area contributed by atoms with Crippen molar-refractivity contribution in [3.63, 3.8) is 0 Å². The van der Waals surface area contributed by atoms with Gasteiger partial charge in [-0.3, -0.25) is 24.0 Å². The highest BCUT2D eigenvalue weighted by atomic mass is 79.9. The van der Waals surface area contributed by atoms with Gasteiger partial charge in [0.05, 0.1) is 18.3 Å². The number of sulfonamides is 1. The number of non-ortho nitro benzene ring substituents is 1. The number of ether oxygens (including phenoxy) is 1. The van der Waals surface area contributed by atoms with Crippen LogP contribution in [0.15, 0.2) is 77.3 Å². The van der Waals surface area contributed by atoms with Gasteiger partial charge < -0.3 is 15.0 Å². The minimum Gasteiger partial charge on any atom is -0.495 e. The number of nitro benzene ring substituents is 1. The van der Waals surface area contributed by atoms with Gasteiger partial charge in [0, 0.05) is 35.6 Å². The van der Waals surface area contributed by atoms with Gasteiger partial charge in [0.15, 0.2) is 0 Å². The maximum absolute atomic E-state index is 14.2. The lowest BCUT2D eigenvalue weighted by Crippen LogP contribution is -2.54. The Balaban J connectivity index is 2.13. The first kappa shape index (κ1) is 33.5. The Labute approximate surface area is 260 Å². The monoisotopic (exact) mass is 674 g/mol. The van der Waals surface area contributed by atoms with Crippen LogP contribution in [0, 0.1) is 10.1 Å². The largest absolute Gasteiger partial charge is 0.495 e. The van der Waals surface area contributed by atoms with Gasteiger partial charge in [-0.15, -0.1) is 0 Å². The average molecular weight is 676 g/mol. The van der Waals surface area contributed by atoms with Crippen molar-refractivity contribution in [3.05, 3.63) is 98.5 Å². The Morgan fingerprint density at radius 1 is 1.05 bits per heavy atom. The molecule has 0 unspecified atom stereocenters. The molecule has 0 aliphatic rings. The van der Waals surface area contributed by atoms with E-state index in [4.69, 9.17) is 4.74 Å². The normalized spacial score (nSPS) is 12.6. The van der Waals surface area contributed by atoms with Crippen LogP contribution in [0.2, 0.25) is 0 Å². The lowest BCUT2D eigenvalue weighted by atomic mass is 10.0. The number of methoxy groups -OCH3 is 1. The predicted molar refractivity (Wildman–Crippen MR) is 168 cm³/mol. The van der Waals surface area contributed by atoms with E-state index in [1.165, 1.54) is 24.1 Å². The number of nitrogens with one attached hydrogen (secondary N) is 1. The van der Waals surface area contributed by atoms with Crippen LogP contribution in [0.4, 0.5) is 11.4 Å². The second-order valence-corrected chi connectivity index (χ2v) is 12.9. The molecule has 0 spiro atoms. The Morgan fingerprint density at radius 2 is 1.70 bits per heavy atom. The Hall–Kier alpha value is -3.97. The van der Waals surface area contributed by atoms with E-state index in [0.29, 0.717) is 12.0 Å².